The summed E-state index contributed by atoms with van der Waals surface area (Å²) in [6.45, 7) is 0. The highest BCUT2D eigenvalue weighted by atomic mass is 35.6. The lowest BCUT2D eigenvalue weighted by Gasteiger charge is -1.68. The second kappa shape index (κ2) is 29.6. The Labute approximate surface area is 36.5 Å². The van der Waals surface area contributed by atoms with Crippen molar-refractivity contribution in [3.05, 3.63) is 0 Å². The van der Waals surface area contributed by atoms with E-state index in [4.69, 9.17) is 9.32 Å². The Hall–Kier alpha value is 0.210. The van der Waals surface area contributed by atoms with E-state index in [9.17, 15) is 0 Å². The molecule has 2 nitrogen and oxygen atoms in total. The standard InChI is InChI=1S/2CH4.ClO2/c;;2-1-3/h2*1H4;/q;;-1. The SMILES string of the molecule is C.C.[O-][Cl+][O-]. The minimum atomic E-state index is -0.417. The van der Waals surface area contributed by atoms with Gasteiger partial charge in [0.15, 0.2) is 0 Å². The van der Waals surface area contributed by atoms with E-state index >= 15 is 0 Å². The van der Waals surface area contributed by atoms with E-state index < -0.39 is 11.3 Å². The highest BCUT2D eigenvalue weighted by Gasteiger charge is 1.22. The van der Waals surface area contributed by atoms with Crippen molar-refractivity contribution < 1.29 is 20.6 Å². The van der Waals surface area contributed by atoms with E-state index in [1.165, 1.54) is 0 Å². The zero-order valence-corrected chi connectivity index (χ0v) is 1.95. The van der Waals surface area contributed by atoms with E-state index in [1.807, 2.05) is 0 Å². The molecule has 0 radical (unpaired) electrons. The Morgan fingerprint density at radius 1 is 1.00 bits per heavy atom. The topological polar surface area (TPSA) is 46.1 Å². The Kier molecular flexibility index (Phi) is 112. The van der Waals surface area contributed by atoms with Crippen molar-refractivity contribution >= 4 is 0 Å². The number of halogens is 1. The lowest BCUT2D eigenvalue weighted by molar-refractivity contribution is -1.41. The molecule has 0 bridgehead atoms. The molecule has 0 amide bonds. The molecular formula is C2H8ClO2-. The highest BCUT2D eigenvalue weighted by molar-refractivity contribution is 2.50. The molecular weight excluding hydrogens is 91.5 g/mol. The minimum absolute atomic E-state index is 0. The van der Waals surface area contributed by atoms with Crippen LogP contribution in [0.1, 0.15) is 14.9 Å². The fourth-order valence-corrected chi connectivity index (χ4v) is 0. The quantitative estimate of drug-likeness (QED) is 0.387. The maximum absolute atomic E-state index is 8.24. The molecule has 0 aromatic rings. The summed E-state index contributed by atoms with van der Waals surface area (Å²) in [6.07, 6.45) is 0. The molecule has 5 heavy (non-hydrogen) atoms. The molecule has 0 aromatic heterocycles. The smallest absolute Gasteiger partial charge is 0.0878 e. The van der Waals surface area contributed by atoms with Crippen LogP contribution in [0.2, 0.25) is 0 Å². The molecule has 0 aliphatic rings. The summed E-state index contributed by atoms with van der Waals surface area (Å²) in [7, 11) is 0. The molecule has 0 fully saturated rings. The van der Waals surface area contributed by atoms with Gasteiger partial charge in [-0.15, -0.1) is 0 Å². The average Bonchev–Trinajstić information content (AvgIpc) is 0.918. The summed E-state index contributed by atoms with van der Waals surface area (Å²) in [6, 6.07) is 0. The van der Waals surface area contributed by atoms with Gasteiger partial charge < -0.3 is 9.32 Å². The van der Waals surface area contributed by atoms with Crippen molar-refractivity contribution in [3.8, 4) is 0 Å². The summed E-state index contributed by atoms with van der Waals surface area (Å²) >= 11 is -0.417. The molecule has 36 valence electrons. The van der Waals surface area contributed by atoms with Gasteiger partial charge in [0, 0.05) is 0 Å². The van der Waals surface area contributed by atoms with Crippen LogP contribution in [0.3, 0.4) is 0 Å². The van der Waals surface area contributed by atoms with Crippen molar-refractivity contribution in [1.82, 2.24) is 0 Å². The van der Waals surface area contributed by atoms with Gasteiger partial charge in [0.2, 0.25) is 0 Å². The first-order valence-electron chi connectivity index (χ1n) is 0.309. The van der Waals surface area contributed by atoms with E-state index in [0.29, 0.717) is 0 Å². The second-order valence-electron chi connectivity index (χ2n) is 0.0630. The van der Waals surface area contributed by atoms with Crippen LogP contribution in [0, 0.1) is 11.3 Å². The molecule has 0 spiro atoms. The number of hydrogen-bond donors (Lipinski definition) is 0. The van der Waals surface area contributed by atoms with Crippen molar-refractivity contribution in [2.45, 2.75) is 14.9 Å². The maximum Gasteiger partial charge on any atom is 0.0878 e. The largest absolute Gasteiger partial charge is 0.544 e. The molecule has 0 saturated carbocycles. The monoisotopic (exact) mass is 99.0 g/mol. The second-order valence-corrected chi connectivity index (χ2v) is 0.189. The lowest BCUT2D eigenvalue weighted by Crippen LogP contribution is -2.13. The molecule has 0 N–H and O–H groups in total. The van der Waals surface area contributed by atoms with Crippen molar-refractivity contribution in [2.24, 2.45) is 0 Å². The van der Waals surface area contributed by atoms with Gasteiger partial charge in [-0.1, -0.05) is 14.9 Å². The van der Waals surface area contributed by atoms with Crippen LogP contribution in [0.5, 0.6) is 0 Å². The van der Waals surface area contributed by atoms with Gasteiger partial charge in [-0.3, -0.25) is 0 Å². The van der Waals surface area contributed by atoms with Gasteiger partial charge in [0.1, 0.15) is 0 Å². The Balaban J connectivity index is -0.0000000200. The van der Waals surface area contributed by atoms with Crippen LogP contribution in [-0.2, 0) is 0 Å². The summed E-state index contributed by atoms with van der Waals surface area (Å²) in [4.78, 5) is 0. The fourth-order valence-electron chi connectivity index (χ4n) is 0. The van der Waals surface area contributed by atoms with Crippen LogP contribution < -0.4 is 9.32 Å². The molecule has 3 heteroatoms. The van der Waals surface area contributed by atoms with Crippen LogP contribution in [0.25, 0.3) is 0 Å². The summed E-state index contributed by atoms with van der Waals surface area (Å²) in [5.74, 6) is 0. The molecule has 0 aromatic carbocycles. The first kappa shape index (κ1) is 18.9. The first-order valence-corrected chi connectivity index (χ1v) is 0.926. The lowest BCUT2D eigenvalue weighted by atomic mass is 12.0. The molecule has 0 aliphatic carbocycles. The minimum Gasteiger partial charge on any atom is -0.544 e. The molecule has 0 aliphatic heterocycles. The molecule has 0 heterocycles. The molecule has 0 atom stereocenters. The Bertz CT molecular complexity index is 7.61. The summed E-state index contributed by atoms with van der Waals surface area (Å²) in [5.41, 5.74) is 0. The predicted molar refractivity (Wildman–Crippen MR) is 13.5 cm³/mol. The predicted octanol–water partition coefficient (Wildman–Crippen LogP) is -1.11. The summed E-state index contributed by atoms with van der Waals surface area (Å²) in [5, 5.41) is 0. The highest BCUT2D eigenvalue weighted by Crippen LogP contribution is 0.940. The Morgan fingerprint density at radius 3 is 1.00 bits per heavy atom. The van der Waals surface area contributed by atoms with E-state index in [1.54, 1.807) is 0 Å². The van der Waals surface area contributed by atoms with Crippen molar-refractivity contribution in [3.63, 3.8) is 0 Å². The first-order chi connectivity index (χ1) is 1.41. The van der Waals surface area contributed by atoms with Crippen LogP contribution >= 0.6 is 0 Å². The number of hydrogen-bond acceptors (Lipinski definition) is 2. The van der Waals surface area contributed by atoms with E-state index in [-0.39, 0.29) is 14.9 Å². The van der Waals surface area contributed by atoms with Gasteiger partial charge in [0.05, 0.1) is 11.3 Å². The van der Waals surface area contributed by atoms with Gasteiger partial charge in [-0.25, -0.2) is 0 Å². The van der Waals surface area contributed by atoms with Crippen molar-refractivity contribution in [1.29, 1.82) is 0 Å². The van der Waals surface area contributed by atoms with Crippen molar-refractivity contribution in [2.75, 3.05) is 0 Å². The number of rotatable bonds is 0. The van der Waals surface area contributed by atoms with Crippen LogP contribution in [0.4, 0.5) is 0 Å². The molecule has 0 rings (SSSR count). The van der Waals surface area contributed by atoms with Gasteiger partial charge in [0.25, 0.3) is 0 Å². The average molecular weight is 99.5 g/mol. The van der Waals surface area contributed by atoms with Gasteiger partial charge in [-0.05, 0) is 0 Å². The Morgan fingerprint density at radius 2 is 1.00 bits per heavy atom. The molecule has 0 saturated heterocycles. The zero-order valence-electron chi connectivity index (χ0n) is 1.19. The zero-order chi connectivity index (χ0) is 2.71. The molecule has 0 unspecified atom stereocenters. The normalized spacial score (nSPS) is 3.60. The van der Waals surface area contributed by atoms with Crippen LogP contribution in [-0.4, -0.2) is 0 Å². The third kappa shape index (κ3) is 466. The van der Waals surface area contributed by atoms with E-state index in [0.717, 1.165) is 0 Å². The van der Waals surface area contributed by atoms with Gasteiger partial charge in [-0.2, -0.15) is 0 Å². The third-order valence-electron chi connectivity index (χ3n) is 0. The third-order valence-corrected chi connectivity index (χ3v) is 0. The fraction of sp³-hybridized carbons (Fsp3) is 1.00. The maximum atomic E-state index is 8.24. The van der Waals surface area contributed by atoms with Gasteiger partial charge >= 0.3 is 0 Å². The van der Waals surface area contributed by atoms with Crippen LogP contribution in [0.15, 0.2) is 0 Å². The van der Waals surface area contributed by atoms with E-state index in [2.05, 4.69) is 0 Å². The summed E-state index contributed by atoms with van der Waals surface area (Å²) < 4.78 is 16.5.